The van der Waals surface area contributed by atoms with Gasteiger partial charge in [0.05, 0.1) is 0 Å². The Morgan fingerprint density at radius 2 is 1.18 bits per heavy atom. The minimum absolute atomic E-state index is 0. The Bertz CT molecular complexity index is 202. The second kappa shape index (κ2) is 3.80. The van der Waals surface area contributed by atoms with Gasteiger partial charge in [0.1, 0.15) is 0 Å². The summed E-state index contributed by atoms with van der Waals surface area (Å²) in [4.78, 5) is 0. The molecule has 57 valence electrons. The van der Waals surface area contributed by atoms with Crippen LogP contribution in [0.5, 0.6) is 0 Å². The summed E-state index contributed by atoms with van der Waals surface area (Å²) in [5.41, 5.74) is 7.14. The van der Waals surface area contributed by atoms with Crippen molar-refractivity contribution in [1.29, 1.82) is 0 Å². The van der Waals surface area contributed by atoms with E-state index in [0.29, 0.717) is 0 Å². The van der Waals surface area contributed by atoms with Crippen molar-refractivity contribution in [2.75, 3.05) is 0 Å². The third-order valence-corrected chi connectivity index (χ3v) is 4.78. The maximum Gasteiger partial charge on any atom is 0.0170 e. The van der Waals surface area contributed by atoms with Crippen LogP contribution in [0.3, 0.4) is 0 Å². The van der Waals surface area contributed by atoms with E-state index in [1.54, 1.807) is 11.1 Å². The van der Waals surface area contributed by atoms with Crippen LogP contribution in [-0.2, 0) is 0 Å². The van der Waals surface area contributed by atoms with E-state index in [-0.39, 0.29) is 18.9 Å². The third kappa shape index (κ3) is 1.72. The zero-order valence-corrected chi connectivity index (χ0v) is 10.6. The molecule has 0 aromatic rings. The van der Waals surface area contributed by atoms with E-state index in [1.165, 1.54) is 21.4 Å². The molecular weight excluding hydrogens is 143 g/mol. The molecule has 0 nitrogen and oxygen atoms in total. The molecule has 1 aliphatic carbocycles. The Hall–Kier alpha value is 0.294. The quantitative estimate of drug-likeness (QED) is 0.469. The molecule has 0 fully saturated rings. The second-order valence-electron chi connectivity index (χ2n) is 3.34. The molecule has 2 heteroatoms. The fourth-order valence-corrected chi connectivity index (χ4v) is 2.43. The van der Waals surface area contributed by atoms with E-state index < -0.39 is 0 Å². The van der Waals surface area contributed by atoms with Crippen LogP contribution in [0, 0.1) is 0 Å². The Morgan fingerprint density at radius 1 is 0.909 bits per heavy atom. The summed E-state index contributed by atoms with van der Waals surface area (Å²) in [5, 5.41) is 0. The van der Waals surface area contributed by atoms with Crippen molar-refractivity contribution in [3.05, 3.63) is 22.3 Å². The van der Waals surface area contributed by atoms with E-state index >= 15 is 0 Å². The van der Waals surface area contributed by atoms with Crippen molar-refractivity contribution in [3.63, 3.8) is 0 Å². The maximum absolute atomic E-state index is 2.27. The van der Waals surface area contributed by atoms with Crippen LogP contribution in [0.25, 0.3) is 0 Å². The van der Waals surface area contributed by atoms with Gasteiger partial charge in [0.2, 0.25) is 0 Å². The van der Waals surface area contributed by atoms with Gasteiger partial charge < -0.3 is 0 Å². The molecule has 0 saturated carbocycles. The standard InChI is InChI=1S/C9H16Si.Li/c1-5-6(2)8(4)9(10)7(5)3;/h9H,1-4,10H3;. The van der Waals surface area contributed by atoms with Gasteiger partial charge in [0.25, 0.3) is 0 Å². The minimum atomic E-state index is 0. The molecule has 1 rings (SSSR count). The van der Waals surface area contributed by atoms with Gasteiger partial charge in [-0.2, -0.15) is 0 Å². The topological polar surface area (TPSA) is 0 Å². The first kappa shape index (κ1) is 11.3. The van der Waals surface area contributed by atoms with Crippen molar-refractivity contribution in [1.82, 2.24) is 0 Å². The van der Waals surface area contributed by atoms with Gasteiger partial charge in [-0.3, -0.25) is 0 Å². The van der Waals surface area contributed by atoms with Gasteiger partial charge in [-0.25, -0.2) is 0 Å². The average molecular weight is 159 g/mol. The first-order valence-electron chi connectivity index (χ1n) is 3.90. The molecule has 0 bridgehead atoms. The molecule has 0 N–H and O–H groups in total. The number of hydrogen-bond donors (Lipinski definition) is 0. The molecule has 0 atom stereocenters. The first-order chi connectivity index (χ1) is 4.55. The predicted molar refractivity (Wildman–Crippen MR) is 56.2 cm³/mol. The summed E-state index contributed by atoms with van der Waals surface area (Å²) >= 11 is 0. The number of allylic oxidation sites excluding steroid dienone is 4. The second-order valence-corrected chi connectivity index (χ2v) is 4.49. The molecule has 11 heavy (non-hydrogen) atoms. The van der Waals surface area contributed by atoms with Crippen molar-refractivity contribution in [2.24, 2.45) is 0 Å². The fourth-order valence-electron chi connectivity index (χ4n) is 1.57. The van der Waals surface area contributed by atoms with E-state index in [4.69, 9.17) is 0 Å². The molecule has 0 amide bonds. The largest absolute Gasteiger partial charge is 0.0667 e. The zero-order chi connectivity index (χ0) is 7.89. The SMILES string of the molecule is CC1=C(C)C([SiH3])C(C)=C1C.[Li]. The van der Waals surface area contributed by atoms with Gasteiger partial charge in [0.15, 0.2) is 0 Å². The summed E-state index contributed by atoms with van der Waals surface area (Å²) in [6.07, 6.45) is 0. The van der Waals surface area contributed by atoms with E-state index in [2.05, 4.69) is 27.7 Å². The summed E-state index contributed by atoms with van der Waals surface area (Å²) in [5.74, 6) is 0. The molecule has 1 aliphatic rings. The Kier molecular flexibility index (Phi) is 3.90. The average Bonchev–Trinajstić information content (AvgIpc) is 2.07. The fraction of sp³-hybridized carbons (Fsp3) is 0.556. The summed E-state index contributed by atoms with van der Waals surface area (Å²) in [7, 11) is 1.28. The molecule has 0 aromatic carbocycles. The molecule has 0 unspecified atom stereocenters. The normalized spacial score (nSPS) is 19.6. The molecule has 0 aromatic heterocycles. The third-order valence-electron chi connectivity index (χ3n) is 3.04. The Morgan fingerprint density at radius 3 is 1.27 bits per heavy atom. The van der Waals surface area contributed by atoms with Crippen LogP contribution in [0.4, 0.5) is 0 Å². The molecule has 0 heterocycles. The van der Waals surface area contributed by atoms with Gasteiger partial charge in [-0.05, 0) is 44.4 Å². The van der Waals surface area contributed by atoms with Crippen molar-refractivity contribution >= 4 is 29.1 Å². The number of rotatable bonds is 0. The Balaban J connectivity index is 0.000001000. The van der Waals surface area contributed by atoms with Crippen LogP contribution in [0.15, 0.2) is 22.3 Å². The van der Waals surface area contributed by atoms with Crippen LogP contribution in [-0.4, -0.2) is 29.1 Å². The summed E-state index contributed by atoms with van der Waals surface area (Å²) < 4.78 is 0. The molecular formula is C9H16LiSi. The molecule has 1 radical (unpaired) electrons. The monoisotopic (exact) mass is 159 g/mol. The van der Waals surface area contributed by atoms with Gasteiger partial charge in [-0.15, -0.1) is 0 Å². The molecule has 0 spiro atoms. The van der Waals surface area contributed by atoms with E-state index in [1.807, 2.05) is 0 Å². The summed E-state index contributed by atoms with van der Waals surface area (Å²) in [6.45, 7) is 9.03. The number of hydrogen-bond acceptors (Lipinski definition) is 0. The zero-order valence-electron chi connectivity index (χ0n) is 8.58. The van der Waals surface area contributed by atoms with Crippen LogP contribution in [0.1, 0.15) is 27.7 Å². The van der Waals surface area contributed by atoms with Gasteiger partial charge in [0, 0.05) is 29.1 Å². The smallest absolute Gasteiger partial charge is 0.0170 e. The van der Waals surface area contributed by atoms with E-state index in [9.17, 15) is 0 Å². The van der Waals surface area contributed by atoms with Crippen LogP contribution in [0.2, 0.25) is 5.54 Å². The van der Waals surface area contributed by atoms with Gasteiger partial charge in [-0.1, -0.05) is 11.1 Å². The minimum Gasteiger partial charge on any atom is -0.0667 e. The van der Waals surface area contributed by atoms with Gasteiger partial charge >= 0.3 is 0 Å². The predicted octanol–water partition coefficient (Wildman–Crippen LogP) is 1.45. The first-order valence-corrected chi connectivity index (χ1v) is 5.06. The molecule has 0 saturated heterocycles. The summed E-state index contributed by atoms with van der Waals surface area (Å²) in [6, 6.07) is 0. The van der Waals surface area contributed by atoms with Crippen molar-refractivity contribution in [3.8, 4) is 0 Å². The molecule has 0 aliphatic heterocycles. The maximum atomic E-state index is 2.27. The van der Waals surface area contributed by atoms with Crippen LogP contribution >= 0.6 is 0 Å². The van der Waals surface area contributed by atoms with Crippen LogP contribution < -0.4 is 0 Å². The van der Waals surface area contributed by atoms with Crippen molar-refractivity contribution < 1.29 is 0 Å². The van der Waals surface area contributed by atoms with E-state index in [0.717, 1.165) is 5.54 Å². The Labute approximate surface area is 84.7 Å². The van der Waals surface area contributed by atoms with Crippen molar-refractivity contribution in [2.45, 2.75) is 33.2 Å².